The summed E-state index contributed by atoms with van der Waals surface area (Å²) >= 11 is 0. The van der Waals surface area contributed by atoms with E-state index in [1.807, 2.05) is 31.2 Å². The molecule has 23 heavy (non-hydrogen) atoms. The van der Waals surface area contributed by atoms with Crippen LogP contribution in [0.1, 0.15) is 17.3 Å². The predicted molar refractivity (Wildman–Crippen MR) is 87.3 cm³/mol. The van der Waals surface area contributed by atoms with E-state index < -0.39 is 0 Å². The average Bonchev–Trinajstić information content (AvgIpc) is 3.04. The Morgan fingerprint density at radius 1 is 1.22 bits per heavy atom. The van der Waals surface area contributed by atoms with Crippen LogP contribution >= 0.6 is 0 Å². The van der Waals surface area contributed by atoms with Gasteiger partial charge in [-0.25, -0.2) is 0 Å². The van der Waals surface area contributed by atoms with Crippen LogP contribution in [0.3, 0.4) is 0 Å². The van der Waals surface area contributed by atoms with Gasteiger partial charge in [0.25, 0.3) is 0 Å². The molecule has 1 N–H and O–H groups in total. The molecule has 0 aliphatic carbocycles. The van der Waals surface area contributed by atoms with Crippen molar-refractivity contribution in [3.05, 3.63) is 60.3 Å². The number of rotatable bonds is 6. The summed E-state index contributed by atoms with van der Waals surface area (Å²) in [4.78, 5) is 12.2. The Hall–Kier alpha value is -2.95. The Kier molecular flexibility index (Phi) is 4.47. The van der Waals surface area contributed by atoms with E-state index in [1.54, 1.807) is 24.4 Å². The Balaban J connectivity index is 1.67. The third-order valence-electron chi connectivity index (χ3n) is 3.32. The molecule has 118 valence electrons. The lowest BCUT2D eigenvalue weighted by atomic mass is 10.1. The molecule has 0 fully saturated rings. The molecule has 0 radical (unpaired) electrons. The van der Waals surface area contributed by atoms with Gasteiger partial charge in [0.1, 0.15) is 5.75 Å². The highest BCUT2D eigenvalue weighted by molar-refractivity contribution is 6.05. The fraction of sp³-hybridized carbons (Fsp3) is 0.167. The first-order valence-corrected chi connectivity index (χ1v) is 7.37. The van der Waals surface area contributed by atoms with Crippen LogP contribution in [0.2, 0.25) is 0 Å². The smallest absolute Gasteiger partial charge is 0.231 e. The maximum atomic E-state index is 12.2. The third-order valence-corrected chi connectivity index (χ3v) is 3.32. The van der Waals surface area contributed by atoms with Crippen molar-refractivity contribution in [3.63, 3.8) is 0 Å². The normalized spacial score (nSPS) is 12.4. The minimum atomic E-state index is -0.121. The molecule has 5 nitrogen and oxygen atoms in total. The van der Waals surface area contributed by atoms with Gasteiger partial charge < -0.3 is 19.5 Å². The molecule has 2 aromatic carbocycles. The molecule has 3 rings (SSSR count). The van der Waals surface area contributed by atoms with Gasteiger partial charge in [0.2, 0.25) is 6.79 Å². The summed E-state index contributed by atoms with van der Waals surface area (Å²) in [6, 6.07) is 12.7. The first-order chi connectivity index (χ1) is 11.3. The summed E-state index contributed by atoms with van der Waals surface area (Å²) in [6.45, 7) is 2.70. The van der Waals surface area contributed by atoms with Gasteiger partial charge in [-0.3, -0.25) is 4.79 Å². The third kappa shape index (κ3) is 3.45. The van der Waals surface area contributed by atoms with E-state index in [0.29, 0.717) is 23.7 Å². The number of anilines is 1. The molecule has 0 atom stereocenters. The van der Waals surface area contributed by atoms with Crippen LogP contribution < -0.4 is 19.5 Å². The van der Waals surface area contributed by atoms with E-state index in [2.05, 4.69) is 5.32 Å². The summed E-state index contributed by atoms with van der Waals surface area (Å²) in [5.41, 5.74) is 1.36. The molecule has 0 saturated heterocycles. The van der Waals surface area contributed by atoms with Crippen molar-refractivity contribution >= 4 is 11.5 Å². The minimum absolute atomic E-state index is 0.121. The van der Waals surface area contributed by atoms with E-state index in [1.165, 1.54) is 6.08 Å². The standard InChI is InChI=1S/C18H17NO4/c1-2-21-16-6-4-3-5-14(16)19-10-9-15(20)13-7-8-17-18(11-13)23-12-22-17/h3-11,19H,2,12H2,1H3/b10-9+. The van der Waals surface area contributed by atoms with Crippen LogP contribution in [0.4, 0.5) is 5.69 Å². The van der Waals surface area contributed by atoms with Crippen LogP contribution in [0.15, 0.2) is 54.7 Å². The average molecular weight is 311 g/mol. The lowest BCUT2D eigenvalue weighted by Crippen LogP contribution is -1.99. The van der Waals surface area contributed by atoms with Gasteiger partial charge in [-0.05, 0) is 37.3 Å². The predicted octanol–water partition coefficient (Wildman–Crippen LogP) is 3.62. The number of para-hydroxylation sites is 2. The molecule has 0 saturated carbocycles. The highest BCUT2D eigenvalue weighted by Gasteiger charge is 2.15. The second-order valence-electron chi connectivity index (χ2n) is 4.84. The molecular weight excluding hydrogens is 294 g/mol. The Morgan fingerprint density at radius 3 is 2.91 bits per heavy atom. The Labute approximate surface area is 134 Å². The lowest BCUT2D eigenvalue weighted by Gasteiger charge is -2.09. The fourth-order valence-corrected chi connectivity index (χ4v) is 2.22. The Bertz CT molecular complexity index is 740. The molecule has 1 aliphatic rings. The van der Waals surface area contributed by atoms with Crippen molar-refractivity contribution in [2.75, 3.05) is 18.7 Å². The molecule has 0 amide bonds. The largest absolute Gasteiger partial charge is 0.492 e. The Morgan fingerprint density at radius 2 is 2.04 bits per heavy atom. The van der Waals surface area contributed by atoms with Crippen molar-refractivity contribution in [2.24, 2.45) is 0 Å². The van der Waals surface area contributed by atoms with Crippen molar-refractivity contribution in [1.82, 2.24) is 0 Å². The highest BCUT2D eigenvalue weighted by atomic mass is 16.7. The molecule has 0 bridgehead atoms. The number of fused-ring (bicyclic) bond motifs is 1. The molecule has 0 unspecified atom stereocenters. The maximum absolute atomic E-state index is 12.2. The van der Waals surface area contributed by atoms with Crippen LogP contribution in [0.25, 0.3) is 0 Å². The van der Waals surface area contributed by atoms with E-state index in [4.69, 9.17) is 14.2 Å². The van der Waals surface area contributed by atoms with E-state index in [-0.39, 0.29) is 12.6 Å². The van der Waals surface area contributed by atoms with E-state index >= 15 is 0 Å². The SMILES string of the molecule is CCOc1ccccc1N/C=C/C(=O)c1ccc2c(c1)OCO2. The number of carbonyl (C=O) groups excluding carboxylic acids is 1. The number of ketones is 1. The summed E-state index contributed by atoms with van der Waals surface area (Å²) in [6.07, 6.45) is 3.07. The van der Waals surface area contributed by atoms with Gasteiger partial charge in [0.15, 0.2) is 17.3 Å². The van der Waals surface area contributed by atoms with Crippen LogP contribution in [0.5, 0.6) is 17.2 Å². The number of hydrogen-bond donors (Lipinski definition) is 1. The topological polar surface area (TPSA) is 56.8 Å². The number of benzene rings is 2. The first-order valence-electron chi connectivity index (χ1n) is 7.37. The van der Waals surface area contributed by atoms with Crippen molar-refractivity contribution in [2.45, 2.75) is 6.92 Å². The summed E-state index contributed by atoms with van der Waals surface area (Å²) in [7, 11) is 0. The van der Waals surface area contributed by atoms with Crippen molar-refractivity contribution in [1.29, 1.82) is 0 Å². The highest BCUT2D eigenvalue weighted by Crippen LogP contribution is 2.32. The van der Waals surface area contributed by atoms with Crippen molar-refractivity contribution in [3.8, 4) is 17.2 Å². The summed E-state index contributed by atoms with van der Waals surface area (Å²) < 4.78 is 16.0. The second-order valence-corrected chi connectivity index (χ2v) is 4.84. The molecule has 1 heterocycles. The zero-order valence-electron chi connectivity index (χ0n) is 12.7. The molecule has 0 spiro atoms. The number of ether oxygens (including phenoxy) is 3. The molecular formula is C18H17NO4. The number of nitrogens with one attached hydrogen (secondary N) is 1. The fourth-order valence-electron chi connectivity index (χ4n) is 2.22. The molecule has 1 aliphatic heterocycles. The molecule has 0 aromatic heterocycles. The van der Waals surface area contributed by atoms with Crippen LogP contribution in [-0.2, 0) is 0 Å². The number of allylic oxidation sites excluding steroid dienone is 1. The van der Waals surface area contributed by atoms with Gasteiger partial charge in [-0.2, -0.15) is 0 Å². The summed E-state index contributed by atoms with van der Waals surface area (Å²) in [5.74, 6) is 1.88. The number of hydrogen-bond acceptors (Lipinski definition) is 5. The van der Waals surface area contributed by atoms with Crippen LogP contribution in [0, 0.1) is 0 Å². The first kappa shape index (κ1) is 15.0. The monoisotopic (exact) mass is 311 g/mol. The summed E-state index contributed by atoms with van der Waals surface area (Å²) in [5, 5.41) is 3.07. The quantitative estimate of drug-likeness (QED) is 0.652. The lowest BCUT2D eigenvalue weighted by molar-refractivity contribution is 0.104. The van der Waals surface area contributed by atoms with Gasteiger partial charge in [0, 0.05) is 17.8 Å². The van der Waals surface area contributed by atoms with E-state index in [0.717, 1.165) is 11.4 Å². The van der Waals surface area contributed by atoms with E-state index in [9.17, 15) is 4.79 Å². The second kappa shape index (κ2) is 6.87. The maximum Gasteiger partial charge on any atom is 0.231 e. The van der Waals surface area contributed by atoms with Gasteiger partial charge in [0.05, 0.1) is 12.3 Å². The van der Waals surface area contributed by atoms with Gasteiger partial charge in [-0.1, -0.05) is 12.1 Å². The zero-order chi connectivity index (χ0) is 16.1. The molecule has 2 aromatic rings. The van der Waals surface area contributed by atoms with Gasteiger partial charge >= 0.3 is 0 Å². The van der Waals surface area contributed by atoms with Gasteiger partial charge in [-0.15, -0.1) is 0 Å². The van der Waals surface area contributed by atoms with Crippen LogP contribution in [-0.4, -0.2) is 19.2 Å². The van der Waals surface area contributed by atoms with Crippen molar-refractivity contribution < 1.29 is 19.0 Å². The minimum Gasteiger partial charge on any atom is -0.492 e. The number of carbonyl (C=O) groups is 1. The zero-order valence-corrected chi connectivity index (χ0v) is 12.7. The molecule has 5 heteroatoms.